The molecule has 2 atom stereocenters. The molecule has 4 nitrogen and oxygen atoms in total. The highest BCUT2D eigenvalue weighted by Crippen LogP contribution is 2.35. The van der Waals surface area contributed by atoms with Crippen LogP contribution in [0.4, 0.5) is 0 Å². The number of aliphatic hydroxyl groups excluding tert-OH is 1. The number of benzene rings is 1. The summed E-state index contributed by atoms with van der Waals surface area (Å²) < 4.78 is 11.5. The van der Waals surface area contributed by atoms with E-state index in [1.807, 2.05) is 13.8 Å². The van der Waals surface area contributed by atoms with Crippen molar-refractivity contribution in [2.45, 2.75) is 45.9 Å². The van der Waals surface area contributed by atoms with E-state index in [1.54, 1.807) is 0 Å². The van der Waals surface area contributed by atoms with E-state index < -0.39 is 0 Å². The molecule has 0 amide bonds. The molecule has 0 saturated carbocycles. The van der Waals surface area contributed by atoms with Gasteiger partial charge in [0.15, 0.2) is 0 Å². The van der Waals surface area contributed by atoms with Crippen LogP contribution in [0.3, 0.4) is 0 Å². The van der Waals surface area contributed by atoms with Crippen LogP contribution in [0.1, 0.15) is 31.9 Å². The van der Waals surface area contributed by atoms with E-state index in [4.69, 9.17) is 14.6 Å². The number of fused-ring (bicyclic) bond motifs is 1. The molecule has 0 aliphatic carbocycles. The standard InChI is InChI=1S/C15H23NO3/c1-4-18-14-6-12-5-11(3)19-15(12)7-13(14)8-16-10(2)9-17/h6-7,10-11,16-17H,4-5,8-9H2,1-3H3/t10-,11-/m0/s1. The summed E-state index contributed by atoms with van der Waals surface area (Å²) >= 11 is 0. The van der Waals surface area contributed by atoms with Gasteiger partial charge in [-0.15, -0.1) is 0 Å². The summed E-state index contributed by atoms with van der Waals surface area (Å²) in [5.74, 6) is 1.88. The molecular formula is C15H23NO3. The van der Waals surface area contributed by atoms with E-state index in [0.717, 1.165) is 23.5 Å². The Kier molecular flexibility index (Phi) is 4.66. The molecular weight excluding hydrogens is 242 g/mol. The average molecular weight is 265 g/mol. The van der Waals surface area contributed by atoms with Gasteiger partial charge in [-0.2, -0.15) is 0 Å². The van der Waals surface area contributed by atoms with Crippen molar-refractivity contribution < 1.29 is 14.6 Å². The van der Waals surface area contributed by atoms with Gasteiger partial charge < -0.3 is 19.9 Å². The van der Waals surface area contributed by atoms with E-state index in [2.05, 4.69) is 24.4 Å². The van der Waals surface area contributed by atoms with Gasteiger partial charge >= 0.3 is 0 Å². The number of aliphatic hydroxyl groups is 1. The second kappa shape index (κ2) is 6.26. The number of hydrogen-bond donors (Lipinski definition) is 2. The molecule has 0 aromatic heterocycles. The monoisotopic (exact) mass is 265 g/mol. The molecule has 0 unspecified atom stereocenters. The van der Waals surface area contributed by atoms with Crippen molar-refractivity contribution in [1.82, 2.24) is 5.32 Å². The molecule has 0 spiro atoms. The SMILES string of the molecule is CCOc1cc2c(cc1CN[C@@H](C)CO)O[C@@H](C)C2. The number of hydrogen-bond acceptors (Lipinski definition) is 4. The molecule has 1 aliphatic heterocycles. The van der Waals surface area contributed by atoms with Crippen molar-refractivity contribution in [2.75, 3.05) is 13.2 Å². The second-order valence-electron chi connectivity index (χ2n) is 5.10. The average Bonchev–Trinajstić information content (AvgIpc) is 2.75. The zero-order chi connectivity index (χ0) is 13.8. The Bertz CT molecular complexity index is 434. The van der Waals surface area contributed by atoms with Crippen LogP contribution >= 0.6 is 0 Å². The molecule has 106 valence electrons. The van der Waals surface area contributed by atoms with Crippen molar-refractivity contribution >= 4 is 0 Å². The van der Waals surface area contributed by atoms with Crippen LogP contribution in [0.2, 0.25) is 0 Å². The van der Waals surface area contributed by atoms with E-state index >= 15 is 0 Å². The minimum atomic E-state index is 0.0718. The maximum Gasteiger partial charge on any atom is 0.124 e. The summed E-state index contributed by atoms with van der Waals surface area (Å²) in [4.78, 5) is 0. The largest absolute Gasteiger partial charge is 0.494 e. The van der Waals surface area contributed by atoms with E-state index in [1.165, 1.54) is 5.56 Å². The van der Waals surface area contributed by atoms with Gasteiger partial charge in [0.2, 0.25) is 0 Å². The van der Waals surface area contributed by atoms with Gasteiger partial charge in [0, 0.05) is 30.1 Å². The molecule has 0 bridgehead atoms. The first-order chi connectivity index (χ1) is 9.13. The predicted molar refractivity (Wildman–Crippen MR) is 74.8 cm³/mol. The second-order valence-corrected chi connectivity index (χ2v) is 5.10. The van der Waals surface area contributed by atoms with Crippen molar-refractivity contribution in [3.8, 4) is 11.5 Å². The number of rotatable bonds is 6. The fourth-order valence-electron chi connectivity index (χ4n) is 2.26. The minimum Gasteiger partial charge on any atom is -0.494 e. The van der Waals surface area contributed by atoms with Crippen molar-refractivity contribution in [3.63, 3.8) is 0 Å². The lowest BCUT2D eigenvalue weighted by Crippen LogP contribution is -2.28. The molecule has 0 saturated heterocycles. The lowest BCUT2D eigenvalue weighted by Gasteiger charge is -2.15. The van der Waals surface area contributed by atoms with Crippen LogP contribution in [0, 0.1) is 0 Å². The summed E-state index contributed by atoms with van der Waals surface area (Å²) in [6.45, 7) is 7.46. The van der Waals surface area contributed by atoms with Crippen LogP contribution in [0.5, 0.6) is 11.5 Å². The van der Waals surface area contributed by atoms with Crippen molar-refractivity contribution in [2.24, 2.45) is 0 Å². The quantitative estimate of drug-likeness (QED) is 0.824. The Hall–Kier alpha value is -1.26. The third-order valence-electron chi connectivity index (χ3n) is 3.29. The van der Waals surface area contributed by atoms with Crippen LogP contribution in [0.15, 0.2) is 12.1 Å². The first kappa shape index (κ1) is 14.2. The van der Waals surface area contributed by atoms with Crippen LogP contribution in [-0.2, 0) is 13.0 Å². The lowest BCUT2D eigenvalue weighted by molar-refractivity contribution is 0.249. The third kappa shape index (κ3) is 3.39. The molecule has 2 rings (SSSR count). The zero-order valence-electron chi connectivity index (χ0n) is 11.9. The van der Waals surface area contributed by atoms with Crippen LogP contribution in [-0.4, -0.2) is 30.5 Å². The summed E-state index contributed by atoms with van der Waals surface area (Å²) in [6.07, 6.45) is 1.18. The minimum absolute atomic E-state index is 0.0718. The Morgan fingerprint density at radius 3 is 3.00 bits per heavy atom. The lowest BCUT2D eigenvalue weighted by atomic mass is 10.1. The summed E-state index contributed by atoms with van der Waals surface area (Å²) in [5.41, 5.74) is 2.30. The molecule has 1 heterocycles. The molecule has 0 fully saturated rings. The van der Waals surface area contributed by atoms with E-state index in [9.17, 15) is 0 Å². The molecule has 1 aromatic carbocycles. The van der Waals surface area contributed by atoms with Gasteiger partial charge in [0.1, 0.15) is 17.6 Å². The van der Waals surface area contributed by atoms with Gasteiger partial charge in [0.05, 0.1) is 13.2 Å². The van der Waals surface area contributed by atoms with Gasteiger partial charge in [-0.25, -0.2) is 0 Å². The first-order valence-corrected chi connectivity index (χ1v) is 6.93. The van der Waals surface area contributed by atoms with Gasteiger partial charge in [-0.3, -0.25) is 0 Å². The number of nitrogens with one attached hydrogen (secondary N) is 1. The molecule has 19 heavy (non-hydrogen) atoms. The normalized spacial score (nSPS) is 18.8. The molecule has 4 heteroatoms. The van der Waals surface area contributed by atoms with Crippen LogP contribution in [0.25, 0.3) is 0 Å². The van der Waals surface area contributed by atoms with Crippen molar-refractivity contribution in [1.29, 1.82) is 0 Å². The Labute approximate surface area is 114 Å². The predicted octanol–water partition coefficient (Wildman–Crippen LogP) is 1.88. The highest BCUT2D eigenvalue weighted by atomic mass is 16.5. The summed E-state index contributed by atoms with van der Waals surface area (Å²) in [7, 11) is 0. The number of ether oxygens (including phenoxy) is 2. The van der Waals surface area contributed by atoms with E-state index in [-0.39, 0.29) is 18.8 Å². The van der Waals surface area contributed by atoms with Crippen LogP contribution < -0.4 is 14.8 Å². The molecule has 0 radical (unpaired) electrons. The molecule has 2 N–H and O–H groups in total. The third-order valence-corrected chi connectivity index (χ3v) is 3.29. The smallest absolute Gasteiger partial charge is 0.124 e. The maximum atomic E-state index is 9.06. The Morgan fingerprint density at radius 1 is 1.53 bits per heavy atom. The van der Waals surface area contributed by atoms with E-state index in [0.29, 0.717) is 13.2 Å². The highest BCUT2D eigenvalue weighted by Gasteiger charge is 2.21. The van der Waals surface area contributed by atoms with Crippen molar-refractivity contribution in [3.05, 3.63) is 23.3 Å². The maximum absolute atomic E-state index is 9.06. The highest BCUT2D eigenvalue weighted by molar-refractivity contribution is 5.48. The topological polar surface area (TPSA) is 50.7 Å². The van der Waals surface area contributed by atoms with Gasteiger partial charge in [-0.05, 0) is 32.9 Å². The summed E-state index contributed by atoms with van der Waals surface area (Å²) in [6, 6.07) is 4.21. The summed E-state index contributed by atoms with van der Waals surface area (Å²) in [5, 5.41) is 12.3. The fourth-order valence-corrected chi connectivity index (χ4v) is 2.26. The Morgan fingerprint density at radius 2 is 2.32 bits per heavy atom. The molecule has 1 aliphatic rings. The Balaban J connectivity index is 2.18. The molecule has 1 aromatic rings. The zero-order valence-corrected chi connectivity index (χ0v) is 11.9. The fraction of sp³-hybridized carbons (Fsp3) is 0.600. The van der Waals surface area contributed by atoms with Gasteiger partial charge in [-0.1, -0.05) is 0 Å². The van der Waals surface area contributed by atoms with Gasteiger partial charge in [0.25, 0.3) is 0 Å². The first-order valence-electron chi connectivity index (χ1n) is 6.93.